The number of hydrogen-bond acceptors (Lipinski definition) is 6. The standard InChI is InChI=1S/C24H22FN3O4/c1-16-6-9-20(10-7-16)26-15-23(29)28-27-14-17-8-11-21(22(12-17)31-2)32-24(30)18-4-3-5-19(25)13-18/h3-14,26H,15H2,1-2H3,(H,28,29)/b27-14+. The Balaban J connectivity index is 1.56. The van der Waals surface area contributed by atoms with Crippen LogP contribution in [0.15, 0.2) is 71.8 Å². The van der Waals surface area contributed by atoms with Crippen LogP contribution in [0.2, 0.25) is 0 Å². The highest BCUT2D eigenvalue weighted by molar-refractivity contribution is 5.91. The molecule has 0 atom stereocenters. The third-order valence-corrected chi connectivity index (χ3v) is 4.36. The van der Waals surface area contributed by atoms with Crippen molar-refractivity contribution in [2.45, 2.75) is 6.92 Å². The van der Waals surface area contributed by atoms with Crippen LogP contribution in [0.4, 0.5) is 10.1 Å². The van der Waals surface area contributed by atoms with E-state index in [4.69, 9.17) is 9.47 Å². The van der Waals surface area contributed by atoms with Gasteiger partial charge in [-0.05, 0) is 61.0 Å². The number of aryl methyl sites for hydroxylation is 1. The van der Waals surface area contributed by atoms with Gasteiger partial charge < -0.3 is 14.8 Å². The fraction of sp³-hybridized carbons (Fsp3) is 0.125. The molecule has 0 aliphatic heterocycles. The van der Waals surface area contributed by atoms with Crippen LogP contribution in [0.3, 0.4) is 0 Å². The number of nitrogens with one attached hydrogen (secondary N) is 2. The molecule has 164 valence electrons. The molecule has 0 unspecified atom stereocenters. The van der Waals surface area contributed by atoms with Crippen molar-refractivity contribution in [3.63, 3.8) is 0 Å². The number of amides is 1. The zero-order valence-electron chi connectivity index (χ0n) is 17.6. The number of halogens is 1. The largest absolute Gasteiger partial charge is 0.493 e. The van der Waals surface area contributed by atoms with E-state index in [9.17, 15) is 14.0 Å². The van der Waals surface area contributed by atoms with Gasteiger partial charge in [-0.3, -0.25) is 4.79 Å². The van der Waals surface area contributed by atoms with Gasteiger partial charge in [0, 0.05) is 5.69 Å². The molecule has 32 heavy (non-hydrogen) atoms. The van der Waals surface area contributed by atoms with Crippen LogP contribution < -0.4 is 20.2 Å². The minimum atomic E-state index is -0.711. The molecule has 0 fully saturated rings. The highest BCUT2D eigenvalue weighted by Crippen LogP contribution is 2.28. The van der Waals surface area contributed by atoms with Gasteiger partial charge in [0.25, 0.3) is 5.91 Å². The van der Waals surface area contributed by atoms with Gasteiger partial charge in [0.05, 0.1) is 25.4 Å². The van der Waals surface area contributed by atoms with Crippen LogP contribution in [-0.4, -0.2) is 31.7 Å². The van der Waals surface area contributed by atoms with Gasteiger partial charge in [0.2, 0.25) is 0 Å². The van der Waals surface area contributed by atoms with Crippen LogP contribution >= 0.6 is 0 Å². The molecule has 0 saturated heterocycles. The summed E-state index contributed by atoms with van der Waals surface area (Å²) in [5.41, 5.74) is 5.09. The molecule has 1 amide bonds. The van der Waals surface area contributed by atoms with E-state index in [-0.39, 0.29) is 29.5 Å². The number of hydrogen-bond donors (Lipinski definition) is 2. The Labute approximate surface area is 184 Å². The van der Waals surface area contributed by atoms with Crippen molar-refractivity contribution in [2.24, 2.45) is 5.10 Å². The number of benzene rings is 3. The number of anilines is 1. The van der Waals surface area contributed by atoms with Crippen LogP contribution in [0.5, 0.6) is 11.5 Å². The monoisotopic (exact) mass is 435 g/mol. The quantitative estimate of drug-likeness (QED) is 0.242. The average molecular weight is 435 g/mol. The lowest BCUT2D eigenvalue weighted by Gasteiger charge is -2.10. The van der Waals surface area contributed by atoms with E-state index in [1.54, 1.807) is 12.1 Å². The lowest BCUT2D eigenvalue weighted by atomic mass is 10.2. The van der Waals surface area contributed by atoms with E-state index in [2.05, 4.69) is 15.8 Å². The molecule has 2 N–H and O–H groups in total. The summed E-state index contributed by atoms with van der Waals surface area (Å²) < 4.78 is 23.9. The molecule has 8 heteroatoms. The second-order valence-corrected chi connectivity index (χ2v) is 6.82. The lowest BCUT2D eigenvalue weighted by molar-refractivity contribution is -0.119. The van der Waals surface area contributed by atoms with Crippen molar-refractivity contribution >= 4 is 23.8 Å². The summed E-state index contributed by atoms with van der Waals surface area (Å²) in [5.74, 6) is -1.10. The number of carbonyl (C=O) groups excluding carboxylic acids is 2. The Morgan fingerprint density at radius 3 is 2.53 bits per heavy atom. The summed E-state index contributed by atoms with van der Waals surface area (Å²) in [6.45, 7) is 2.06. The topological polar surface area (TPSA) is 89.0 Å². The van der Waals surface area contributed by atoms with Crippen molar-refractivity contribution in [2.75, 3.05) is 19.0 Å². The Kier molecular flexibility index (Phi) is 7.53. The van der Waals surface area contributed by atoms with Crippen LogP contribution in [0.25, 0.3) is 0 Å². The fourth-order valence-electron chi connectivity index (χ4n) is 2.70. The zero-order chi connectivity index (χ0) is 22.9. The molecule has 3 rings (SSSR count). The van der Waals surface area contributed by atoms with E-state index in [1.807, 2.05) is 31.2 Å². The Bertz CT molecular complexity index is 1130. The van der Waals surface area contributed by atoms with Gasteiger partial charge in [0.1, 0.15) is 5.82 Å². The zero-order valence-corrected chi connectivity index (χ0v) is 17.6. The van der Waals surface area contributed by atoms with Gasteiger partial charge in [0.15, 0.2) is 11.5 Å². The molecule has 0 saturated carbocycles. The Morgan fingerprint density at radius 1 is 1.03 bits per heavy atom. The molecule has 3 aromatic carbocycles. The second kappa shape index (κ2) is 10.7. The second-order valence-electron chi connectivity index (χ2n) is 6.82. The van der Waals surface area contributed by atoms with Crippen molar-refractivity contribution in [1.29, 1.82) is 0 Å². The molecule has 0 spiro atoms. The molecule has 0 radical (unpaired) electrons. The van der Waals surface area contributed by atoms with E-state index in [1.165, 1.54) is 37.6 Å². The molecule has 0 aliphatic carbocycles. The smallest absolute Gasteiger partial charge is 0.343 e. The predicted molar refractivity (Wildman–Crippen MR) is 120 cm³/mol. The van der Waals surface area contributed by atoms with Gasteiger partial charge in [-0.2, -0.15) is 5.10 Å². The Hall–Kier alpha value is -4.20. The van der Waals surface area contributed by atoms with Crippen molar-refractivity contribution in [3.05, 3.63) is 89.2 Å². The maximum atomic E-state index is 13.3. The number of esters is 1. The van der Waals surface area contributed by atoms with Gasteiger partial charge in [-0.15, -0.1) is 0 Å². The Morgan fingerprint density at radius 2 is 1.81 bits per heavy atom. The minimum absolute atomic E-state index is 0.0681. The molecule has 0 heterocycles. The maximum Gasteiger partial charge on any atom is 0.343 e. The number of hydrazone groups is 1. The number of nitrogens with zero attached hydrogens (tertiary/aromatic N) is 1. The minimum Gasteiger partial charge on any atom is -0.493 e. The fourth-order valence-corrected chi connectivity index (χ4v) is 2.70. The van der Waals surface area contributed by atoms with Crippen LogP contribution in [0.1, 0.15) is 21.5 Å². The number of methoxy groups -OCH3 is 1. The summed E-state index contributed by atoms with van der Waals surface area (Å²) >= 11 is 0. The molecule has 3 aromatic rings. The van der Waals surface area contributed by atoms with Crippen LogP contribution in [-0.2, 0) is 4.79 Å². The lowest BCUT2D eigenvalue weighted by Crippen LogP contribution is -2.25. The third kappa shape index (κ3) is 6.40. The maximum absolute atomic E-state index is 13.3. The third-order valence-electron chi connectivity index (χ3n) is 4.36. The first-order chi connectivity index (χ1) is 15.4. The molecule has 0 aromatic heterocycles. The van der Waals surface area contributed by atoms with Crippen molar-refractivity contribution < 1.29 is 23.5 Å². The summed E-state index contributed by atoms with van der Waals surface area (Å²) in [5, 5.41) is 6.92. The van der Waals surface area contributed by atoms with Crippen molar-refractivity contribution in [3.8, 4) is 11.5 Å². The number of ether oxygens (including phenoxy) is 2. The van der Waals surface area contributed by atoms with E-state index in [0.29, 0.717) is 5.56 Å². The molecular formula is C24H22FN3O4. The van der Waals surface area contributed by atoms with Crippen molar-refractivity contribution in [1.82, 2.24) is 5.43 Å². The van der Waals surface area contributed by atoms with E-state index >= 15 is 0 Å². The summed E-state index contributed by atoms with van der Waals surface area (Å²) in [4.78, 5) is 24.2. The van der Waals surface area contributed by atoms with Gasteiger partial charge in [-0.1, -0.05) is 23.8 Å². The first-order valence-corrected chi connectivity index (χ1v) is 9.73. The molecule has 7 nitrogen and oxygen atoms in total. The van der Waals surface area contributed by atoms with E-state index in [0.717, 1.165) is 17.3 Å². The first-order valence-electron chi connectivity index (χ1n) is 9.73. The molecular weight excluding hydrogens is 413 g/mol. The number of rotatable bonds is 8. The number of carbonyl (C=O) groups is 2. The van der Waals surface area contributed by atoms with Crippen LogP contribution in [0, 0.1) is 12.7 Å². The normalized spacial score (nSPS) is 10.6. The summed E-state index contributed by atoms with van der Waals surface area (Å²) in [7, 11) is 1.42. The SMILES string of the molecule is COc1cc(/C=N/NC(=O)CNc2ccc(C)cc2)ccc1OC(=O)c1cccc(F)c1. The highest BCUT2D eigenvalue weighted by atomic mass is 19.1. The molecule has 0 bridgehead atoms. The van der Waals surface area contributed by atoms with Gasteiger partial charge in [-0.25, -0.2) is 14.6 Å². The highest BCUT2D eigenvalue weighted by Gasteiger charge is 2.13. The van der Waals surface area contributed by atoms with E-state index < -0.39 is 11.8 Å². The van der Waals surface area contributed by atoms with Gasteiger partial charge >= 0.3 is 5.97 Å². The summed E-state index contributed by atoms with van der Waals surface area (Å²) in [6, 6.07) is 17.6. The first kappa shape index (κ1) is 22.5. The predicted octanol–water partition coefficient (Wildman–Crippen LogP) is 3.92. The molecule has 0 aliphatic rings. The summed E-state index contributed by atoms with van der Waals surface area (Å²) in [6.07, 6.45) is 1.43. The average Bonchev–Trinajstić information content (AvgIpc) is 2.79.